The molecule has 0 unspecified atom stereocenters. The predicted octanol–water partition coefficient (Wildman–Crippen LogP) is 4.20. The summed E-state index contributed by atoms with van der Waals surface area (Å²) in [5.41, 5.74) is 1.50. The first-order valence-corrected chi connectivity index (χ1v) is 8.57. The maximum Gasteiger partial charge on any atom is 0.374 e. The lowest BCUT2D eigenvalue weighted by atomic mass is 9.84. The molecule has 0 aromatic heterocycles. The summed E-state index contributed by atoms with van der Waals surface area (Å²) in [6, 6.07) is 20.6. The van der Waals surface area contributed by atoms with Gasteiger partial charge in [0.1, 0.15) is 5.75 Å². The number of ether oxygens (including phenoxy) is 1. The normalized spacial score (nSPS) is 11.9. The van der Waals surface area contributed by atoms with Crippen LogP contribution in [0.25, 0.3) is 10.8 Å². The van der Waals surface area contributed by atoms with Gasteiger partial charge in [-0.1, -0.05) is 60.7 Å². The molecular weight excluding hydrogens is 328 g/mol. The molecule has 1 atom stereocenters. The van der Waals surface area contributed by atoms with Crippen molar-refractivity contribution in [3.8, 4) is 5.75 Å². The quantitative estimate of drug-likeness (QED) is 0.536. The van der Waals surface area contributed by atoms with Gasteiger partial charge in [0.15, 0.2) is 0 Å². The topological polar surface area (TPSA) is 63.6 Å². The SMILES string of the molecule is CCOC(=O)C(=O)C[C@H](c1ccccc1)c1c(O)ccc2ccccc12. The Hall–Kier alpha value is -3.14. The van der Waals surface area contributed by atoms with Gasteiger partial charge in [0.05, 0.1) is 6.61 Å². The Morgan fingerprint density at radius 2 is 1.65 bits per heavy atom. The van der Waals surface area contributed by atoms with Crippen molar-refractivity contribution < 1.29 is 19.4 Å². The van der Waals surface area contributed by atoms with Crippen molar-refractivity contribution in [2.24, 2.45) is 0 Å². The van der Waals surface area contributed by atoms with Gasteiger partial charge in [-0.2, -0.15) is 0 Å². The van der Waals surface area contributed by atoms with Gasteiger partial charge in [0, 0.05) is 17.9 Å². The summed E-state index contributed by atoms with van der Waals surface area (Å²) >= 11 is 0. The van der Waals surface area contributed by atoms with Crippen molar-refractivity contribution in [1.29, 1.82) is 0 Å². The molecule has 3 aromatic rings. The molecule has 0 saturated heterocycles. The molecule has 0 aliphatic carbocycles. The summed E-state index contributed by atoms with van der Waals surface area (Å²) in [5, 5.41) is 12.4. The van der Waals surface area contributed by atoms with Crippen LogP contribution in [0.3, 0.4) is 0 Å². The summed E-state index contributed by atoms with van der Waals surface area (Å²) < 4.78 is 4.84. The third-order valence-electron chi connectivity index (χ3n) is 4.39. The Morgan fingerprint density at radius 1 is 0.962 bits per heavy atom. The van der Waals surface area contributed by atoms with Crippen LogP contribution < -0.4 is 0 Å². The molecule has 0 fully saturated rings. The highest BCUT2D eigenvalue weighted by Gasteiger charge is 2.26. The second-order valence-electron chi connectivity index (χ2n) is 6.03. The number of rotatable bonds is 6. The molecule has 3 aromatic carbocycles. The van der Waals surface area contributed by atoms with Crippen LogP contribution in [-0.4, -0.2) is 23.5 Å². The van der Waals surface area contributed by atoms with E-state index < -0.39 is 17.7 Å². The van der Waals surface area contributed by atoms with Crippen LogP contribution in [0.2, 0.25) is 0 Å². The van der Waals surface area contributed by atoms with E-state index in [0.29, 0.717) is 5.56 Å². The zero-order valence-electron chi connectivity index (χ0n) is 14.5. The van der Waals surface area contributed by atoms with Crippen LogP contribution in [0.5, 0.6) is 5.75 Å². The minimum atomic E-state index is -0.840. The summed E-state index contributed by atoms with van der Waals surface area (Å²) in [4.78, 5) is 24.2. The zero-order valence-corrected chi connectivity index (χ0v) is 14.5. The van der Waals surface area contributed by atoms with Gasteiger partial charge < -0.3 is 9.84 Å². The number of hydrogen-bond acceptors (Lipinski definition) is 4. The van der Waals surface area contributed by atoms with Crippen molar-refractivity contribution in [2.75, 3.05) is 6.61 Å². The van der Waals surface area contributed by atoms with Crippen LogP contribution in [0.15, 0.2) is 66.7 Å². The molecule has 132 valence electrons. The van der Waals surface area contributed by atoms with Gasteiger partial charge in [-0.3, -0.25) is 4.79 Å². The molecule has 0 amide bonds. The molecule has 0 saturated carbocycles. The first kappa shape index (κ1) is 17.7. The predicted molar refractivity (Wildman–Crippen MR) is 100 cm³/mol. The maximum atomic E-state index is 12.4. The molecule has 1 N–H and O–H groups in total. The molecule has 0 spiro atoms. The number of hydrogen-bond donors (Lipinski definition) is 1. The smallest absolute Gasteiger partial charge is 0.374 e. The summed E-state index contributed by atoms with van der Waals surface area (Å²) in [7, 11) is 0. The minimum absolute atomic E-state index is 0.0651. The minimum Gasteiger partial charge on any atom is -0.508 e. The second kappa shape index (κ2) is 7.83. The molecule has 0 aliphatic heterocycles. The molecule has 4 heteroatoms. The highest BCUT2D eigenvalue weighted by molar-refractivity contribution is 6.33. The average molecular weight is 348 g/mol. The number of benzene rings is 3. The van der Waals surface area contributed by atoms with Gasteiger partial charge in [-0.15, -0.1) is 0 Å². The lowest BCUT2D eigenvalue weighted by Gasteiger charge is -2.20. The number of carbonyl (C=O) groups is 2. The number of phenolic OH excluding ortho intramolecular Hbond substituents is 1. The van der Waals surface area contributed by atoms with E-state index in [1.165, 1.54) is 0 Å². The largest absolute Gasteiger partial charge is 0.508 e. The average Bonchev–Trinajstić information content (AvgIpc) is 2.67. The first-order valence-electron chi connectivity index (χ1n) is 8.57. The van der Waals surface area contributed by atoms with Crippen LogP contribution >= 0.6 is 0 Å². The van der Waals surface area contributed by atoms with E-state index in [4.69, 9.17) is 4.74 Å². The van der Waals surface area contributed by atoms with E-state index in [2.05, 4.69) is 0 Å². The number of aromatic hydroxyl groups is 1. The van der Waals surface area contributed by atoms with E-state index in [0.717, 1.165) is 16.3 Å². The lowest BCUT2D eigenvalue weighted by Crippen LogP contribution is -2.20. The third-order valence-corrected chi connectivity index (χ3v) is 4.39. The summed E-state index contributed by atoms with van der Waals surface area (Å²) in [6.07, 6.45) is -0.0651. The Morgan fingerprint density at radius 3 is 2.38 bits per heavy atom. The fourth-order valence-corrected chi connectivity index (χ4v) is 3.20. The molecule has 26 heavy (non-hydrogen) atoms. The highest BCUT2D eigenvalue weighted by Crippen LogP contribution is 2.39. The summed E-state index contributed by atoms with van der Waals surface area (Å²) in [6.45, 7) is 1.82. The Kier molecular flexibility index (Phi) is 5.32. The van der Waals surface area contributed by atoms with Crippen LogP contribution in [0.1, 0.15) is 30.4 Å². The fourth-order valence-electron chi connectivity index (χ4n) is 3.20. The zero-order chi connectivity index (χ0) is 18.5. The maximum absolute atomic E-state index is 12.4. The van der Waals surface area contributed by atoms with Crippen molar-refractivity contribution >= 4 is 22.5 Å². The molecule has 0 aliphatic rings. The van der Waals surface area contributed by atoms with E-state index in [1.54, 1.807) is 13.0 Å². The molecule has 3 rings (SSSR count). The number of carbonyl (C=O) groups excluding carboxylic acids is 2. The van der Waals surface area contributed by atoms with Gasteiger partial charge in [0.2, 0.25) is 5.78 Å². The number of esters is 1. The number of fused-ring (bicyclic) bond motifs is 1. The number of ketones is 1. The van der Waals surface area contributed by atoms with Crippen molar-refractivity contribution in [1.82, 2.24) is 0 Å². The van der Waals surface area contributed by atoms with Gasteiger partial charge in [-0.25, -0.2) is 4.79 Å². The molecular formula is C22H20O4. The Balaban J connectivity index is 2.12. The van der Waals surface area contributed by atoms with E-state index in [9.17, 15) is 14.7 Å². The standard InChI is InChI=1S/C22H20O4/c1-2-26-22(25)20(24)14-18(15-8-4-3-5-9-15)21-17-11-7-6-10-16(17)12-13-19(21)23/h3-13,18,23H,2,14H2,1H3/t18-/m1/s1. The van der Waals surface area contributed by atoms with E-state index in [1.807, 2.05) is 60.7 Å². The molecule has 4 nitrogen and oxygen atoms in total. The second-order valence-corrected chi connectivity index (χ2v) is 6.03. The van der Waals surface area contributed by atoms with Crippen LogP contribution in [0, 0.1) is 0 Å². The van der Waals surface area contributed by atoms with Crippen molar-refractivity contribution in [3.63, 3.8) is 0 Å². The van der Waals surface area contributed by atoms with Crippen LogP contribution in [0.4, 0.5) is 0 Å². The summed E-state index contributed by atoms with van der Waals surface area (Å²) in [5.74, 6) is -1.78. The molecule has 0 heterocycles. The van der Waals surface area contributed by atoms with E-state index in [-0.39, 0.29) is 18.8 Å². The van der Waals surface area contributed by atoms with Gasteiger partial charge in [0.25, 0.3) is 0 Å². The highest BCUT2D eigenvalue weighted by atomic mass is 16.5. The first-order chi connectivity index (χ1) is 12.6. The van der Waals surface area contributed by atoms with Crippen molar-refractivity contribution in [3.05, 3.63) is 77.9 Å². The lowest BCUT2D eigenvalue weighted by molar-refractivity contribution is -0.153. The Labute approximate surface area is 152 Å². The number of phenols is 1. The van der Waals surface area contributed by atoms with E-state index >= 15 is 0 Å². The number of Topliss-reactive ketones (excluding diaryl/α,β-unsaturated/α-hetero) is 1. The third kappa shape index (κ3) is 3.59. The van der Waals surface area contributed by atoms with Crippen molar-refractivity contribution in [2.45, 2.75) is 19.3 Å². The monoisotopic (exact) mass is 348 g/mol. The molecule has 0 radical (unpaired) electrons. The van der Waals surface area contributed by atoms with Gasteiger partial charge in [-0.05, 0) is 29.3 Å². The fraction of sp³-hybridized carbons (Fsp3) is 0.182. The van der Waals surface area contributed by atoms with Gasteiger partial charge >= 0.3 is 5.97 Å². The molecule has 0 bridgehead atoms. The van der Waals surface area contributed by atoms with Crippen LogP contribution in [-0.2, 0) is 14.3 Å². The Bertz CT molecular complexity index is 931.